The first kappa shape index (κ1) is 13.2. The molecule has 1 aromatic heterocycles. The van der Waals surface area contributed by atoms with Gasteiger partial charge in [0, 0.05) is 12.7 Å². The first-order valence-electron chi connectivity index (χ1n) is 5.36. The van der Waals surface area contributed by atoms with Crippen molar-refractivity contribution in [1.29, 1.82) is 0 Å². The van der Waals surface area contributed by atoms with Gasteiger partial charge in [0.15, 0.2) is 0 Å². The quantitative estimate of drug-likeness (QED) is 0.917. The van der Waals surface area contributed by atoms with Gasteiger partial charge in [0.1, 0.15) is 5.75 Å². The number of hydrogen-bond donors (Lipinski definition) is 1. The molecule has 0 aliphatic heterocycles. The lowest BCUT2D eigenvalue weighted by Crippen LogP contribution is -2.00. The summed E-state index contributed by atoms with van der Waals surface area (Å²) in [5.74, 6) is 0.818. The van der Waals surface area contributed by atoms with Crippen LogP contribution in [0.2, 0.25) is 5.02 Å². The van der Waals surface area contributed by atoms with Gasteiger partial charge in [-0.05, 0) is 39.7 Å². The number of rotatable bonds is 4. The molecule has 0 aliphatic carbocycles. The number of aromatic nitrogens is 1. The maximum atomic E-state index is 6.04. The Hall–Kier alpha value is -1.26. The molecule has 0 radical (unpaired) electrons. The van der Waals surface area contributed by atoms with E-state index < -0.39 is 0 Å². The average Bonchev–Trinajstić information content (AvgIpc) is 2.38. The summed E-state index contributed by atoms with van der Waals surface area (Å²) in [5.41, 5.74) is 1.95. The van der Waals surface area contributed by atoms with Crippen LogP contribution >= 0.6 is 27.5 Å². The zero-order valence-electron chi connectivity index (χ0n) is 9.78. The zero-order chi connectivity index (χ0) is 13.0. The third-order valence-corrected chi connectivity index (χ3v) is 3.42. The normalized spacial score (nSPS) is 10.2. The molecule has 0 saturated carbocycles. The van der Waals surface area contributed by atoms with Crippen LogP contribution in [0.4, 0.5) is 5.69 Å². The van der Waals surface area contributed by atoms with E-state index >= 15 is 0 Å². The topological polar surface area (TPSA) is 34.1 Å². The van der Waals surface area contributed by atoms with E-state index in [1.165, 1.54) is 0 Å². The SMILES string of the molecule is COc1ccc(CNc2cnccc2Cl)cc1Br. The van der Waals surface area contributed by atoms with Gasteiger partial charge < -0.3 is 10.1 Å². The van der Waals surface area contributed by atoms with Crippen LogP contribution in [0.3, 0.4) is 0 Å². The van der Waals surface area contributed by atoms with Crippen molar-refractivity contribution in [2.45, 2.75) is 6.54 Å². The molecule has 5 heteroatoms. The molecule has 0 aliphatic rings. The van der Waals surface area contributed by atoms with Crippen molar-refractivity contribution in [3.63, 3.8) is 0 Å². The van der Waals surface area contributed by atoms with Crippen LogP contribution in [0.1, 0.15) is 5.56 Å². The first-order chi connectivity index (χ1) is 8.70. The van der Waals surface area contributed by atoms with E-state index in [-0.39, 0.29) is 0 Å². The molecule has 0 fully saturated rings. The minimum atomic E-state index is 0.664. The summed E-state index contributed by atoms with van der Waals surface area (Å²) in [5, 5.41) is 3.90. The fourth-order valence-electron chi connectivity index (χ4n) is 1.52. The Bertz CT molecular complexity index is 548. The van der Waals surface area contributed by atoms with E-state index in [9.17, 15) is 0 Å². The van der Waals surface area contributed by atoms with Gasteiger partial charge in [0.05, 0.1) is 28.5 Å². The van der Waals surface area contributed by atoms with Crippen LogP contribution in [0.15, 0.2) is 41.1 Å². The number of halogens is 2. The van der Waals surface area contributed by atoms with Crippen LogP contribution in [0, 0.1) is 0 Å². The Labute approximate surface area is 119 Å². The predicted molar refractivity (Wildman–Crippen MR) is 77.3 cm³/mol. The molecule has 1 aromatic carbocycles. The van der Waals surface area contributed by atoms with Crippen molar-refractivity contribution in [1.82, 2.24) is 4.98 Å². The summed E-state index contributed by atoms with van der Waals surface area (Å²) in [4.78, 5) is 4.03. The second-order valence-electron chi connectivity index (χ2n) is 3.68. The number of nitrogens with one attached hydrogen (secondary N) is 1. The van der Waals surface area contributed by atoms with Crippen LogP contribution in [-0.4, -0.2) is 12.1 Å². The number of nitrogens with zero attached hydrogens (tertiary/aromatic N) is 1. The number of hydrogen-bond acceptors (Lipinski definition) is 3. The average molecular weight is 328 g/mol. The molecule has 0 atom stereocenters. The number of ether oxygens (including phenoxy) is 1. The molecule has 0 unspecified atom stereocenters. The summed E-state index contributed by atoms with van der Waals surface area (Å²) in [7, 11) is 1.65. The molecule has 3 nitrogen and oxygen atoms in total. The minimum Gasteiger partial charge on any atom is -0.496 e. The van der Waals surface area contributed by atoms with E-state index in [1.54, 1.807) is 25.6 Å². The molecule has 1 heterocycles. The van der Waals surface area contributed by atoms with Crippen LogP contribution in [0.5, 0.6) is 5.75 Å². The maximum absolute atomic E-state index is 6.04. The van der Waals surface area contributed by atoms with Crippen molar-refractivity contribution < 1.29 is 4.74 Å². The first-order valence-corrected chi connectivity index (χ1v) is 6.53. The maximum Gasteiger partial charge on any atom is 0.133 e. The molecule has 0 saturated heterocycles. The standard InChI is InChI=1S/C13H12BrClN2O/c1-18-13-3-2-9(6-10(13)14)7-17-12-8-16-5-4-11(12)15/h2-6,8,17H,7H2,1H3. The van der Waals surface area contributed by atoms with Gasteiger partial charge >= 0.3 is 0 Å². The highest BCUT2D eigenvalue weighted by molar-refractivity contribution is 9.10. The van der Waals surface area contributed by atoms with E-state index in [2.05, 4.69) is 26.2 Å². The van der Waals surface area contributed by atoms with Gasteiger partial charge in [-0.2, -0.15) is 0 Å². The lowest BCUT2D eigenvalue weighted by atomic mass is 10.2. The number of benzene rings is 1. The van der Waals surface area contributed by atoms with Crippen molar-refractivity contribution >= 4 is 33.2 Å². The third-order valence-electron chi connectivity index (χ3n) is 2.47. The van der Waals surface area contributed by atoms with E-state index in [4.69, 9.17) is 16.3 Å². The van der Waals surface area contributed by atoms with Gasteiger partial charge in [-0.25, -0.2) is 0 Å². The zero-order valence-corrected chi connectivity index (χ0v) is 12.1. The van der Waals surface area contributed by atoms with Gasteiger partial charge in [-0.15, -0.1) is 0 Å². The smallest absolute Gasteiger partial charge is 0.133 e. The van der Waals surface area contributed by atoms with Gasteiger partial charge in [-0.3, -0.25) is 4.98 Å². The van der Waals surface area contributed by atoms with Crippen molar-refractivity contribution in [3.05, 3.63) is 51.7 Å². The molecule has 2 aromatic rings. The fraction of sp³-hybridized carbons (Fsp3) is 0.154. The summed E-state index contributed by atoms with van der Waals surface area (Å²) < 4.78 is 6.12. The Morgan fingerprint density at radius 2 is 2.22 bits per heavy atom. The summed E-state index contributed by atoms with van der Waals surface area (Å²) in [6, 6.07) is 7.69. The van der Waals surface area contributed by atoms with Crippen molar-refractivity contribution in [2.75, 3.05) is 12.4 Å². The third kappa shape index (κ3) is 3.15. The molecular weight excluding hydrogens is 316 g/mol. The van der Waals surface area contributed by atoms with Crippen LogP contribution < -0.4 is 10.1 Å². The Morgan fingerprint density at radius 1 is 1.39 bits per heavy atom. The van der Waals surface area contributed by atoms with E-state index in [0.717, 1.165) is 21.5 Å². The Kier molecular flexibility index (Phi) is 4.44. The Balaban J connectivity index is 2.07. The number of methoxy groups -OCH3 is 1. The highest BCUT2D eigenvalue weighted by Crippen LogP contribution is 2.26. The Morgan fingerprint density at radius 3 is 2.89 bits per heavy atom. The van der Waals surface area contributed by atoms with Gasteiger partial charge in [-0.1, -0.05) is 17.7 Å². The summed E-state index contributed by atoms with van der Waals surface area (Å²) in [6.45, 7) is 0.675. The van der Waals surface area contributed by atoms with Crippen molar-refractivity contribution in [2.24, 2.45) is 0 Å². The molecule has 0 spiro atoms. The van der Waals surface area contributed by atoms with Crippen molar-refractivity contribution in [3.8, 4) is 5.75 Å². The highest BCUT2D eigenvalue weighted by atomic mass is 79.9. The minimum absolute atomic E-state index is 0.664. The number of anilines is 1. The summed E-state index contributed by atoms with van der Waals surface area (Å²) in [6.07, 6.45) is 3.37. The molecule has 0 amide bonds. The highest BCUT2D eigenvalue weighted by Gasteiger charge is 2.03. The second-order valence-corrected chi connectivity index (χ2v) is 4.94. The molecular formula is C13H12BrClN2O. The van der Waals surface area contributed by atoms with Gasteiger partial charge in [0.25, 0.3) is 0 Å². The second kappa shape index (κ2) is 6.07. The summed E-state index contributed by atoms with van der Waals surface area (Å²) >= 11 is 9.49. The lowest BCUT2D eigenvalue weighted by Gasteiger charge is -2.09. The van der Waals surface area contributed by atoms with E-state index in [1.807, 2.05) is 18.2 Å². The molecule has 94 valence electrons. The molecule has 2 rings (SSSR count). The monoisotopic (exact) mass is 326 g/mol. The molecule has 0 bridgehead atoms. The molecule has 1 N–H and O–H groups in total. The van der Waals surface area contributed by atoms with E-state index in [0.29, 0.717) is 11.6 Å². The lowest BCUT2D eigenvalue weighted by molar-refractivity contribution is 0.412. The number of pyridine rings is 1. The van der Waals surface area contributed by atoms with Crippen LogP contribution in [0.25, 0.3) is 0 Å². The van der Waals surface area contributed by atoms with Gasteiger partial charge in [0.2, 0.25) is 0 Å². The predicted octanol–water partition coefficient (Wildman–Crippen LogP) is 4.12. The largest absolute Gasteiger partial charge is 0.496 e. The molecule has 18 heavy (non-hydrogen) atoms. The van der Waals surface area contributed by atoms with Crippen LogP contribution in [-0.2, 0) is 6.54 Å². The fourth-order valence-corrected chi connectivity index (χ4v) is 2.28.